The molecule has 5 N–H and O–H groups in total. The Bertz CT molecular complexity index is 230. The van der Waals surface area contributed by atoms with E-state index in [1.165, 1.54) is 0 Å². The van der Waals surface area contributed by atoms with Crippen LogP contribution < -0.4 is 16.4 Å². The summed E-state index contributed by atoms with van der Waals surface area (Å²) in [6.07, 6.45) is 0.897. The smallest absolute Gasteiger partial charge is 0.236 e. The molecule has 0 radical (unpaired) electrons. The van der Waals surface area contributed by atoms with Gasteiger partial charge in [-0.05, 0) is 20.3 Å². The van der Waals surface area contributed by atoms with Crippen LogP contribution in [-0.4, -0.2) is 35.6 Å². The molecule has 0 aliphatic rings. The van der Waals surface area contributed by atoms with E-state index in [4.69, 9.17) is 10.9 Å². The number of rotatable bonds is 6. The van der Waals surface area contributed by atoms with Gasteiger partial charge in [0.05, 0.1) is 12.1 Å². The quantitative estimate of drug-likeness (QED) is 0.210. The SMILES string of the molecule is CCCNC(=O)C(C)NC(C)C(N)=NO. The van der Waals surface area contributed by atoms with Gasteiger partial charge in [0, 0.05) is 6.54 Å². The van der Waals surface area contributed by atoms with E-state index >= 15 is 0 Å². The molecule has 0 aromatic carbocycles. The molecule has 0 spiro atoms. The summed E-state index contributed by atoms with van der Waals surface area (Å²) in [5.41, 5.74) is 5.37. The van der Waals surface area contributed by atoms with Crippen LogP contribution in [0.15, 0.2) is 5.16 Å². The van der Waals surface area contributed by atoms with Crippen LogP contribution in [-0.2, 0) is 4.79 Å². The fraction of sp³-hybridized carbons (Fsp3) is 0.778. The van der Waals surface area contributed by atoms with E-state index < -0.39 is 0 Å². The average Bonchev–Trinajstić information content (AvgIpc) is 2.24. The molecule has 0 aromatic heterocycles. The van der Waals surface area contributed by atoms with Gasteiger partial charge in [0.25, 0.3) is 0 Å². The summed E-state index contributed by atoms with van der Waals surface area (Å²) < 4.78 is 0. The molecule has 1 amide bonds. The highest BCUT2D eigenvalue weighted by molar-refractivity contribution is 5.86. The molecule has 0 aromatic rings. The number of amides is 1. The molecule has 6 heteroatoms. The van der Waals surface area contributed by atoms with Gasteiger partial charge in [0.1, 0.15) is 0 Å². The van der Waals surface area contributed by atoms with Crippen molar-refractivity contribution in [2.45, 2.75) is 39.3 Å². The van der Waals surface area contributed by atoms with Gasteiger partial charge < -0.3 is 16.3 Å². The number of carbonyl (C=O) groups is 1. The zero-order valence-corrected chi connectivity index (χ0v) is 9.45. The van der Waals surface area contributed by atoms with Crippen LogP contribution in [0.25, 0.3) is 0 Å². The molecule has 88 valence electrons. The maximum Gasteiger partial charge on any atom is 0.236 e. The molecule has 0 fully saturated rings. The highest BCUT2D eigenvalue weighted by atomic mass is 16.4. The molecular weight excluding hydrogens is 196 g/mol. The van der Waals surface area contributed by atoms with Gasteiger partial charge in [-0.25, -0.2) is 0 Å². The van der Waals surface area contributed by atoms with E-state index in [2.05, 4.69) is 15.8 Å². The van der Waals surface area contributed by atoms with Gasteiger partial charge in [0.15, 0.2) is 5.84 Å². The highest BCUT2D eigenvalue weighted by Crippen LogP contribution is 1.88. The number of nitrogens with two attached hydrogens (primary N) is 1. The van der Waals surface area contributed by atoms with Crippen molar-refractivity contribution in [3.63, 3.8) is 0 Å². The van der Waals surface area contributed by atoms with Crippen LogP contribution in [0.5, 0.6) is 0 Å². The Morgan fingerprint density at radius 1 is 1.47 bits per heavy atom. The Balaban J connectivity index is 4.01. The standard InChI is InChI=1S/C9H20N4O2/c1-4-5-11-9(14)7(3)12-6(2)8(10)13-15/h6-7,12,15H,4-5H2,1-3H3,(H2,10,13)(H,11,14). The summed E-state index contributed by atoms with van der Waals surface area (Å²) in [4.78, 5) is 11.4. The number of oxime groups is 1. The van der Waals surface area contributed by atoms with E-state index in [0.717, 1.165) is 6.42 Å². The second-order valence-electron chi connectivity index (χ2n) is 3.43. The van der Waals surface area contributed by atoms with Crippen molar-refractivity contribution in [3.05, 3.63) is 0 Å². The predicted molar refractivity (Wildman–Crippen MR) is 58.8 cm³/mol. The van der Waals surface area contributed by atoms with Gasteiger partial charge in [-0.15, -0.1) is 0 Å². The molecule has 6 nitrogen and oxygen atoms in total. The summed E-state index contributed by atoms with van der Waals surface area (Å²) in [6, 6.07) is -0.704. The van der Waals surface area contributed by atoms with Crippen molar-refractivity contribution in [1.29, 1.82) is 0 Å². The van der Waals surface area contributed by atoms with Crippen molar-refractivity contribution in [2.24, 2.45) is 10.9 Å². The number of amidine groups is 1. The van der Waals surface area contributed by atoms with E-state index in [0.29, 0.717) is 6.54 Å². The summed E-state index contributed by atoms with van der Waals surface area (Å²) in [6.45, 7) is 6.09. The topological polar surface area (TPSA) is 99.7 Å². The molecular formula is C9H20N4O2. The predicted octanol–water partition coefficient (Wildman–Crippen LogP) is -0.374. The van der Waals surface area contributed by atoms with Crippen LogP contribution in [0.1, 0.15) is 27.2 Å². The third-order valence-electron chi connectivity index (χ3n) is 2.00. The third kappa shape index (κ3) is 5.21. The molecule has 2 atom stereocenters. The second kappa shape index (κ2) is 7.05. The molecule has 0 aliphatic carbocycles. The summed E-state index contributed by atoms with van der Waals surface area (Å²) in [7, 11) is 0. The van der Waals surface area contributed by atoms with E-state index in [-0.39, 0.29) is 23.8 Å². The van der Waals surface area contributed by atoms with Crippen LogP contribution >= 0.6 is 0 Å². The first-order chi connectivity index (χ1) is 7.02. The Labute approximate surface area is 89.9 Å². The minimum Gasteiger partial charge on any atom is -0.409 e. The molecule has 0 aliphatic heterocycles. The fourth-order valence-corrected chi connectivity index (χ4v) is 1.02. The first-order valence-corrected chi connectivity index (χ1v) is 5.04. The monoisotopic (exact) mass is 216 g/mol. The lowest BCUT2D eigenvalue weighted by Crippen LogP contribution is -2.50. The van der Waals surface area contributed by atoms with Gasteiger partial charge in [-0.1, -0.05) is 12.1 Å². The van der Waals surface area contributed by atoms with Crippen molar-refractivity contribution >= 4 is 11.7 Å². The van der Waals surface area contributed by atoms with Crippen LogP contribution in [0.3, 0.4) is 0 Å². The summed E-state index contributed by atoms with van der Waals surface area (Å²) in [5, 5.41) is 16.9. The molecule has 0 rings (SSSR count). The highest BCUT2D eigenvalue weighted by Gasteiger charge is 2.16. The minimum absolute atomic E-state index is 0.0603. The Morgan fingerprint density at radius 2 is 2.07 bits per heavy atom. The molecule has 0 saturated carbocycles. The van der Waals surface area contributed by atoms with Crippen molar-refractivity contribution in [1.82, 2.24) is 10.6 Å². The lowest BCUT2D eigenvalue weighted by atomic mass is 10.2. The maximum absolute atomic E-state index is 11.4. The Hall–Kier alpha value is -1.30. The van der Waals surface area contributed by atoms with Gasteiger partial charge in [-0.3, -0.25) is 10.1 Å². The first kappa shape index (κ1) is 13.7. The third-order valence-corrected chi connectivity index (χ3v) is 2.00. The van der Waals surface area contributed by atoms with Gasteiger partial charge in [0.2, 0.25) is 5.91 Å². The molecule has 0 bridgehead atoms. The molecule has 0 heterocycles. The van der Waals surface area contributed by atoms with Crippen LogP contribution in [0.4, 0.5) is 0 Å². The first-order valence-electron chi connectivity index (χ1n) is 5.04. The lowest BCUT2D eigenvalue weighted by molar-refractivity contribution is -0.122. The molecule has 0 saturated heterocycles. The van der Waals surface area contributed by atoms with Crippen LogP contribution in [0.2, 0.25) is 0 Å². The van der Waals surface area contributed by atoms with Gasteiger partial charge in [-0.2, -0.15) is 0 Å². The summed E-state index contributed by atoms with van der Waals surface area (Å²) >= 11 is 0. The lowest BCUT2D eigenvalue weighted by Gasteiger charge is -2.18. The normalized spacial score (nSPS) is 15.8. The van der Waals surface area contributed by atoms with Crippen molar-refractivity contribution in [2.75, 3.05) is 6.54 Å². The fourth-order valence-electron chi connectivity index (χ4n) is 1.02. The number of hydrogen-bond acceptors (Lipinski definition) is 4. The zero-order valence-electron chi connectivity index (χ0n) is 9.45. The molecule has 15 heavy (non-hydrogen) atoms. The molecule has 2 unspecified atom stereocenters. The largest absolute Gasteiger partial charge is 0.409 e. The van der Waals surface area contributed by atoms with E-state index in [1.807, 2.05) is 6.92 Å². The number of nitrogens with zero attached hydrogens (tertiary/aromatic N) is 1. The summed E-state index contributed by atoms with van der Waals surface area (Å²) in [5.74, 6) is -0.0282. The Kier molecular flexibility index (Phi) is 6.44. The van der Waals surface area contributed by atoms with Crippen LogP contribution in [0, 0.1) is 0 Å². The number of nitrogens with one attached hydrogen (secondary N) is 2. The number of hydrogen-bond donors (Lipinski definition) is 4. The van der Waals surface area contributed by atoms with Crippen molar-refractivity contribution in [3.8, 4) is 0 Å². The zero-order chi connectivity index (χ0) is 11.8. The Morgan fingerprint density at radius 3 is 2.53 bits per heavy atom. The van der Waals surface area contributed by atoms with E-state index in [9.17, 15) is 4.79 Å². The average molecular weight is 216 g/mol. The van der Waals surface area contributed by atoms with E-state index in [1.54, 1.807) is 13.8 Å². The second-order valence-corrected chi connectivity index (χ2v) is 3.43. The van der Waals surface area contributed by atoms with Gasteiger partial charge >= 0.3 is 0 Å². The maximum atomic E-state index is 11.4. The van der Waals surface area contributed by atoms with Crippen molar-refractivity contribution < 1.29 is 10.0 Å². The number of carbonyl (C=O) groups excluding carboxylic acids is 1. The minimum atomic E-state index is -0.369.